The number of sulfone groups is 1. The highest BCUT2D eigenvalue weighted by Crippen LogP contribution is 2.68. The zero-order chi connectivity index (χ0) is 48.3. The molecule has 2 aromatic carbocycles. The summed E-state index contributed by atoms with van der Waals surface area (Å²) in [6.07, 6.45) is -5.08. The van der Waals surface area contributed by atoms with Gasteiger partial charge >= 0.3 is 0 Å². The molecule has 4 aliphatic carbocycles. The van der Waals surface area contributed by atoms with Crippen molar-refractivity contribution in [3.8, 4) is 23.0 Å². The average Bonchev–Trinajstić information content (AvgIpc) is 4.17. The number of rotatable bonds is 15. The van der Waals surface area contributed by atoms with E-state index in [1.165, 1.54) is 38.1 Å². The maximum Gasteiger partial charge on any atom is 0.293 e. The summed E-state index contributed by atoms with van der Waals surface area (Å²) in [6.45, 7) is 2.37. The lowest BCUT2D eigenvalue weighted by atomic mass is 9.93. The van der Waals surface area contributed by atoms with Gasteiger partial charge in [0.25, 0.3) is 18.8 Å². The molecule has 0 aliphatic heterocycles. The summed E-state index contributed by atoms with van der Waals surface area (Å²) < 4.78 is 171. The molecule has 67 heavy (non-hydrogen) atoms. The van der Waals surface area contributed by atoms with E-state index in [9.17, 15) is 48.0 Å². The van der Waals surface area contributed by atoms with Gasteiger partial charge in [-0.1, -0.05) is 23.6 Å². The molecule has 3 saturated carbocycles. The first-order chi connectivity index (χ1) is 31.4. The number of alkyl halides is 6. The summed E-state index contributed by atoms with van der Waals surface area (Å²) in [5.74, 6) is -3.57. The number of benzene rings is 2. The lowest BCUT2D eigenvalue weighted by Crippen LogP contribution is -2.35. The Kier molecular flexibility index (Phi) is 11.5. The molecule has 23 heteroatoms. The predicted octanol–water partition coefficient (Wildman–Crippen LogP) is 8.33. The molecule has 12 nitrogen and oxygen atoms in total. The first kappa shape index (κ1) is 46.8. The van der Waals surface area contributed by atoms with Gasteiger partial charge in [0.1, 0.15) is 46.6 Å². The molecule has 3 fully saturated rings. The molecule has 1 amide bonds. The van der Waals surface area contributed by atoms with E-state index < -0.39 is 121 Å². The Morgan fingerprint density at radius 2 is 1.67 bits per heavy atom. The zero-order valence-corrected chi connectivity index (χ0v) is 38.1. The first-order valence-electron chi connectivity index (χ1n) is 21.1. The van der Waals surface area contributed by atoms with Crippen LogP contribution in [0.3, 0.4) is 0 Å². The van der Waals surface area contributed by atoms with Gasteiger partial charge in [-0.3, -0.25) is 14.2 Å². The Morgan fingerprint density at radius 1 is 1.00 bits per heavy atom. The van der Waals surface area contributed by atoms with Crippen LogP contribution in [0.5, 0.6) is 0 Å². The van der Waals surface area contributed by atoms with Gasteiger partial charge < -0.3 is 5.32 Å². The lowest BCUT2D eigenvalue weighted by molar-refractivity contribution is -0.123. The Balaban J connectivity index is 1.24. The number of nitrogens with one attached hydrogen (secondary N) is 1. The standard InChI is InChI=1S/C44H40ClF8N7O5S2/c1-42(2,67(64,65)25-5-6-25)11-10-24-4-7-26(27-8-9-30(45)35-38(27)58(19-32(48)49)57-41(35)60(66(62)63)43(3)12-13-43)36(54-24)31(16-21-14-22(46)17-23(47)15-21)55-33(61)20-59-39-34(37(56-59)40(50)51)28-18-29(28)44(39,52)53/h4,7-9,14-15,17,25,28-29,31-32,40,66H,5-6,12-13,16,18-20H2,1-3H3,(H,55,61)/t28-,29+,31-/m0/s1. The summed E-state index contributed by atoms with van der Waals surface area (Å²) in [4.78, 5) is 18.9. The van der Waals surface area contributed by atoms with Crippen LogP contribution in [-0.2, 0) is 51.0 Å². The van der Waals surface area contributed by atoms with Crippen LogP contribution in [-0.4, -0.2) is 69.2 Å². The third kappa shape index (κ3) is 8.42. The van der Waals surface area contributed by atoms with Crippen molar-refractivity contribution < 1.29 is 56.8 Å². The highest BCUT2D eigenvalue weighted by Gasteiger charge is 2.67. The van der Waals surface area contributed by atoms with Gasteiger partial charge in [-0.15, -0.1) is 0 Å². The molecule has 3 atom stereocenters. The molecule has 356 valence electrons. The molecule has 5 aromatic rings. The summed E-state index contributed by atoms with van der Waals surface area (Å²) >= 11 is 6.76. The predicted molar refractivity (Wildman–Crippen MR) is 230 cm³/mol. The molecular weight excluding hydrogens is 958 g/mol. The molecule has 9 rings (SSSR count). The Bertz CT molecular complexity index is 3110. The van der Waals surface area contributed by atoms with Crippen molar-refractivity contribution in [3.05, 3.63) is 93.0 Å². The highest BCUT2D eigenvalue weighted by atomic mass is 35.5. The molecule has 0 bridgehead atoms. The fourth-order valence-electron chi connectivity index (χ4n) is 9.07. The van der Waals surface area contributed by atoms with Crippen molar-refractivity contribution >= 4 is 55.0 Å². The monoisotopic (exact) mass is 997 g/mol. The normalized spacial score (nSPS) is 19.6. The van der Waals surface area contributed by atoms with Crippen molar-refractivity contribution in [2.24, 2.45) is 5.92 Å². The maximum atomic E-state index is 15.6. The second kappa shape index (κ2) is 16.5. The van der Waals surface area contributed by atoms with Crippen LogP contribution in [0.2, 0.25) is 5.02 Å². The van der Waals surface area contributed by atoms with Crippen LogP contribution in [0.25, 0.3) is 22.0 Å². The average molecular weight is 998 g/mol. The van der Waals surface area contributed by atoms with E-state index in [0.717, 1.165) is 21.1 Å². The largest absolute Gasteiger partial charge is 0.346 e. The highest BCUT2D eigenvalue weighted by molar-refractivity contribution is 7.93. The van der Waals surface area contributed by atoms with Crippen molar-refractivity contribution in [1.82, 2.24) is 29.9 Å². The third-order valence-corrected chi connectivity index (χ3v) is 17.0. The van der Waals surface area contributed by atoms with Crippen molar-refractivity contribution in [3.63, 3.8) is 0 Å². The van der Waals surface area contributed by atoms with E-state index in [1.807, 2.05) is 0 Å². The number of nitrogens with zero attached hydrogens (tertiary/aromatic N) is 6. The van der Waals surface area contributed by atoms with Crippen LogP contribution < -0.4 is 9.62 Å². The van der Waals surface area contributed by atoms with Gasteiger partial charge in [0.2, 0.25) is 16.8 Å². The smallest absolute Gasteiger partial charge is 0.293 e. The third-order valence-electron chi connectivity index (χ3n) is 12.9. The summed E-state index contributed by atoms with van der Waals surface area (Å²) in [5, 5.41) is 10.00. The topological polar surface area (TPSA) is 149 Å². The number of amides is 1. The van der Waals surface area contributed by atoms with Crippen molar-refractivity contribution in [2.45, 2.75) is 119 Å². The number of thiol groups is 1. The molecule has 0 saturated heterocycles. The second-order valence-electron chi connectivity index (χ2n) is 18.2. The van der Waals surface area contributed by atoms with Gasteiger partial charge in [-0.05, 0) is 107 Å². The molecule has 3 aromatic heterocycles. The number of anilines is 1. The number of fused-ring (bicyclic) bond motifs is 4. The minimum absolute atomic E-state index is 0.0171. The molecule has 0 unspecified atom stereocenters. The van der Waals surface area contributed by atoms with Gasteiger partial charge in [0, 0.05) is 28.7 Å². The number of carbonyl (C=O) groups is 1. The number of hydrogen-bond donors (Lipinski definition) is 2. The van der Waals surface area contributed by atoms with Gasteiger partial charge in [-0.25, -0.2) is 52.5 Å². The minimum atomic E-state index is -3.75. The number of aromatic nitrogens is 5. The molecular formula is C44H40ClF8N7O5S2. The Hall–Kier alpha value is -5.27. The Labute approximate surface area is 385 Å². The fourth-order valence-corrected chi connectivity index (χ4v) is 12.0. The summed E-state index contributed by atoms with van der Waals surface area (Å²) in [7, 11) is -7.16. The first-order valence-corrected chi connectivity index (χ1v) is 24.2. The maximum absolute atomic E-state index is 15.6. The van der Waals surface area contributed by atoms with E-state index in [1.54, 1.807) is 6.92 Å². The molecule has 1 N–H and O–H groups in total. The Morgan fingerprint density at radius 3 is 2.28 bits per heavy atom. The molecule has 4 aliphatic rings. The van der Waals surface area contributed by atoms with Gasteiger partial charge in [0.05, 0.1) is 38.5 Å². The summed E-state index contributed by atoms with van der Waals surface area (Å²) in [5.41, 5.74) is -3.41. The van der Waals surface area contributed by atoms with Crippen molar-refractivity contribution in [1.29, 1.82) is 0 Å². The zero-order valence-electron chi connectivity index (χ0n) is 35.6. The van der Waals surface area contributed by atoms with Crippen LogP contribution in [0, 0.1) is 29.4 Å². The second-order valence-corrected chi connectivity index (χ2v) is 22.2. The van der Waals surface area contributed by atoms with E-state index in [0.29, 0.717) is 36.4 Å². The fraction of sp³-hybridized carbons (Fsp3) is 0.455. The van der Waals surface area contributed by atoms with Crippen molar-refractivity contribution in [2.75, 3.05) is 4.31 Å². The van der Waals surface area contributed by atoms with Crippen LogP contribution >= 0.6 is 11.6 Å². The molecule has 0 radical (unpaired) electrons. The number of hydrogen-bond acceptors (Lipinski definition) is 8. The summed E-state index contributed by atoms with van der Waals surface area (Å²) in [6, 6.07) is 6.45. The minimum Gasteiger partial charge on any atom is -0.346 e. The number of carbonyl (C=O) groups excluding carboxylic acids is 1. The lowest BCUT2D eigenvalue weighted by Gasteiger charge is -2.24. The van der Waals surface area contributed by atoms with E-state index >= 15 is 8.78 Å². The molecule has 0 spiro atoms. The van der Waals surface area contributed by atoms with Crippen LogP contribution in [0.15, 0.2) is 42.5 Å². The van der Waals surface area contributed by atoms with Crippen LogP contribution in [0.4, 0.5) is 40.9 Å². The van der Waals surface area contributed by atoms with E-state index in [-0.39, 0.29) is 61.8 Å². The van der Waals surface area contributed by atoms with Crippen LogP contribution in [0.1, 0.15) is 105 Å². The van der Waals surface area contributed by atoms with Gasteiger partial charge in [0.15, 0.2) is 15.7 Å². The quantitative estimate of drug-likeness (QED) is 0.0605. The van der Waals surface area contributed by atoms with Gasteiger partial charge in [-0.2, -0.15) is 19.0 Å². The molecule has 3 heterocycles. The van der Waals surface area contributed by atoms with E-state index in [2.05, 4.69) is 27.4 Å². The van der Waals surface area contributed by atoms with E-state index in [4.69, 9.17) is 16.6 Å². The number of pyridine rings is 1. The number of halogens is 9. The SMILES string of the molecule is CC1(N(c2nn(CC(F)F)c3c(-c4ccc(C#CC(C)(C)S(=O)(=O)C5CC5)nc4[C@H](Cc4cc(F)cc(F)c4)NC(=O)Cn4nc(C(F)F)c5c4C(F)(F)[C@@H]4C[C@H]54)ccc(Cl)c23)[SH](=O)=O)CC1.